The first-order valence-corrected chi connectivity index (χ1v) is 7.70. The number of aryl methyl sites for hydroxylation is 2. The van der Waals surface area contributed by atoms with Gasteiger partial charge in [-0.15, -0.1) is 0 Å². The molecule has 0 spiro atoms. The van der Waals surface area contributed by atoms with Crippen LogP contribution >= 0.6 is 0 Å². The van der Waals surface area contributed by atoms with E-state index in [0.717, 1.165) is 13.0 Å². The van der Waals surface area contributed by atoms with Crippen molar-refractivity contribution in [2.45, 2.75) is 45.2 Å². The Balaban J connectivity index is 1.74. The van der Waals surface area contributed by atoms with Crippen LogP contribution in [0.5, 0.6) is 0 Å². The van der Waals surface area contributed by atoms with Gasteiger partial charge in [-0.1, -0.05) is 37.3 Å². The molecule has 1 heterocycles. The predicted octanol–water partition coefficient (Wildman–Crippen LogP) is 4.18. The summed E-state index contributed by atoms with van der Waals surface area (Å²) >= 11 is 0. The fraction of sp³-hybridized carbons (Fsp3) is 0.444. The first-order valence-electron chi connectivity index (χ1n) is 7.70. The van der Waals surface area contributed by atoms with E-state index in [0.29, 0.717) is 6.04 Å². The molecule has 0 radical (unpaired) electrons. The van der Waals surface area contributed by atoms with E-state index in [1.165, 1.54) is 30.4 Å². The molecule has 1 aromatic carbocycles. The van der Waals surface area contributed by atoms with Gasteiger partial charge in [-0.3, -0.25) is 0 Å². The lowest BCUT2D eigenvalue weighted by Gasteiger charge is -2.11. The molecule has 0 bridgehead atoms. The summed E-state index contributed by atoms with van der Waals surface area (Å²) in [6, 6.07) is 13.5. The van der Waals surface area contributed by atoms with Gasteiger partial charge in [-0.2, -0.15) is 0 Å². The second-order valence-corrected chi connectivity index (χ2v) is 5.37. The Hall–Kier alpha value is -1.54. The molecule has 0 amide bonds. The van der Waals surface area contributed by atoms with Crippen molar-refractivity contribution in [1.29, 1.82) is 0 Å². The van der Waals surface area contributed by atoms with Gasteiger partial charge in [0.2, 0.25) is 0 Å². The van der Waals surface area contributed by atoms with Crippen molar-refractivity contribution in [3.05, 3.63) is 59.9 Å². The van der Waals surface area contributed by atoms with Crippen LogP contribution in [0.25, 0.3) is 0 Å². The maximum absolute atomic E-state index is 3.36. The minimum atomic E-state index is 0.487. The van der Waals surface area contributed by atoms with Crippen molar-refractivity contribution in [1.82, 2.24) is 9.88 Å². The SMILES string of the molecule is CCC(NC)c1ccn(CCCCc2ccccc2)c1. The van der Waals surface area contributed by atoms with Crippen molar-refractivity contribution in [3.8, 4) is 0 Å². The lowest BCUT2D eigenvalue weighted by molar-refractivity contribution is 0.569. The van der Waals surface area contributed by atoms with Crippen LogP contribution < -0.4 is 5.32 Å². The van der Waals surface area contributed by atoms with E-state index in [4.69, 9.17) is 0 Å². The van der Waals surface area contributed by atoms with Gasteiger partial charge >= 0.3 is 0 Å². The molecule has 2 heteroatoms. The highest BCUT2D eigenvalue weighted by molar-refractivity contribution is 5.15. The molecule has 0 aliphatic rings. The third kappa shape index (κ3) is 4.24. The fourth-order valence-corrected chi connectivity index (χ4v) is 2.68. The number of hydrogen-bond acceptors (Lipinski definition) is 1. The third-order valence-electron chi connectivity index (χ3n) is 3.91. The number of aromatic nitrogens is 1. The molecule has 0 aliphatic heterocycles. The maximum Gasteiger partial charge on any atom is 0.0329 e. The molecule has 108 valence electrons. The van der Waals surface area contributed by atoms with Crippen molar-refractivity contribution in [3.63, 3.8) is 0 Å². The zero-order valence-corrected chi connectivity index (χ0v) is 12.7. The summed E-state index contributed by atoms with van der Waals surface area (Å²) in [5.41, 5.74) is 2.85. The highest BCUT2D eigenvalue weighted by Gasteiger charge is 2.07. The summed E-state index contributed by atoms with van der Waals surface area (Å²) in [6.07, 6.45) is 9.29. The number of nitrogens with one attached hydrogen (secondary N) is 1. The molecule has 1 atom stereocenters. The normalized spacial score (nSPS) is 12.5. The average Bonchev–Trinajstić information content (AvgIpc) is 2.95. The second kappa shape index (κ2) is 7.91. The van der Waals surface area contributed by atoms with Crippen molar-refractivity contribution in [2.75, 3.05) is 7.05 Å². The fourth-order valence-electron chi connectivity index (χ4n) is 2.68. The Morgan fingerprint density at radius 3 is 2.60 bits per heavy atom. The van der Waals surface area contributed by atoms with Crippen LogP contribution in [-0.4, -0.2) is 11.6 Å². The van der Waals surface area contributed by atoms with Gasteiger partial charge < -0.3 is 9.88 Å². The van der Waals surface area contributed by atoms with Crippen molar-refractivity contribution < 1.29 is 0 Å². The minimum Gasteiger partial charge on any atom is -0.354 e. The zero-order valence-electron chi connectivity index (χ0n) is 12.7. The van der Waals surface area contributed by atoms with E-state index in [1.54, 1.807) is 0 Å². The topological polar surface area (TPSA) is 17.0 Å². The predicted molar refractivity (Wildman–Crippen MR) is 85.9 cm³/mol. The highest BCUT2D eigenvalue weighted by Crippen LogP contribution is 2.16. The van der Waals surface area contributed by atoms with Gasteiger partial charge in [0.1, 0.15) is 0 Å². The lowest BCUT2D eigenvalue weighted by Crippen LogP contribution is -2.14. The van der Waals surface area contributed by atoms with Crippen molar-refractivity contribution in [2.24, 2.45) is 0 Å². The first kappa shape index (κ1) is 14.9. The molecule has 20 heavy (non-hydrogen) atoms. The minimum absolute atomic E-state index is 0.487. The summed E-state index contributed by atoms with van der Waals surface area (Å²) in [5, 5.41) is 3.36. The van der Waals surface area contributed by atoms with E-state index < -0.39 is 0 Å². The van der Waals surface area contributed by atoms with Gasteiger partial charge in [-0.05, 0) is 49.9 Å². The van der Waals surface area contributed by atoms with Gasteiger partial charge in [0.25, 0.3) is 0 Å². The Kier molecular flexibility index (Phi) is 5.87. The Morgan fingerprint density at radius 2 is 1.90 bits per heavy atom. The van der Waals surface area contributed by atoms with Crippen LogP contribution in [0.2, 0.25) is 0 Å². The van der Waals surface area contributed by atoms with Crippen LogP contribution in [0.1, 0.15) is 43.4 Å². The summed E-state index contributed by atoms with van der Waals surface area (Å²) in [4.78, 5) is 0. The van der Waals surface area contributed by atoms with E-state index >= 15 is 0 Å². The molecule has 2 rings (SSSR count). The van der Waals surface area contributed by atoms with Crippen LogP contribution in [0.15, 0.2) is 48.8 Å². The Morgan fingerprint density at radius 1 is 1.10 bits per heavy atom. The standard InChI is InChI=1S/C18H26N2/c1-3-18(19-2)17-12-14-20(15-17)13-8-7-11-16-9-5-4-6-10-16/h4-6,9-10,12,14-15,18-19H,3,7-8,11,13H2,1-2H3. The first-order chi connectivity index (χ1) is 9.83. The number of hydrogen-bond donors (Lipinski definition) is 1. The van der Waals surface area contributed by atoms with Crippen LogP contribution in [0.4, 0.5) is 0 Å². The van der Waals surface area contributed by atoms with Crippen LogP contribution in [0, 0.1) is 0 Å². The molecular formula is C18H26N2. The molecule has 1 unspecified atom stereocenters. The van der Waals surface area contributed by atoms with E-state index in [-0.39, 0.29) is 0 Å². The Labute approximate surface area is 122 Å². The summed E-state index contributed by atoms with van der Waals surface area (Å²) < 4.78 is 2.32. The smallest absolute Gasteiger partial charge is 0.0329 e. The molecule has 0 aliphatic carbocycles. The van der Waals surface area contributed by atoms with Gasteiger partial charge in [0, 0.05) is 25.0 Å². The Bertz CT molecular complexity index is 483. The summed E-state index contributed by atoms with van der Waals surface area (Å²) in [5.74, 6) is 0. The monoisotopic (exact) mass is 270 g/mol. The van der Waals surface area contributed by atoms with E-state index in [9.17, 15) is 0 Å². The number of unbranched alkanes of at least 4 members (excludes halogenated alkanes) is 1. The van der Waals surface area contributed by atoms with E-state index in [1.807, 2.05) is 7.05 Å². The second-order valence-electron chi connectivity index (χ2n) is 5.37. The van der Waals surface area contributed by atoms with Crippen molar-refractivity contribution >= 4 is 0 Å². The number of nitrogens with zero attached hydrogens (tertiary/aromatic N) is 1. The summed E-state index contributed by atoms with van der Waals surface area (Å²) in [7, 11) is 2.03. The molecule has 1 N–H and O–H groups in total. The zero-order chi connectivity index (χ0) is 14.2. The highest BCUT2D eigenvalue weighted by atomic mass is 14.9. The largest absolute Gasteiger partial charge is 0.354 e. The molecular weight excluding hydrogens is 244 g/mol. The maximum atomic E-state index is 3.36. The summed E-state index contributed by atoms with van der Waals surface area (Å²) in [6.45, 7) is 3.34. The quantitative estimate of drug-likeness (QED) is 0.712. The van der Waals surface area contributed by atoms with Crippen LogP contribution in [-0.2, 0) is 13.0 Å². The molecule has 1 aromatic heterocycles. The molecule has 2 nitrogen and oxygen atoms in total. The molecule has 0 saturated carbocycles. The number of rotatable bonds is 8. The van der Waals surface area contributed by atoms with Gasteiger partial charge in [0.15, 0.2) is 0 Å². The van der Waals surface area contributed by atoms with Gasteiger partial charge in [0.05, 0.1) is 0 Å². The van der Waals surface area contributed by atoms with E-state index in [2.05, 4.69) is 65.6 Å². The lowest BCUT2D eigenvalue weighted by atomic mass is 10.1. The molecule has 0 fully saturated rings. The van der Waals surface area contributed by atoms with Gasteiger partial charge in [-0.25, -0.2) is 0 Å². The average molecular weight is 270 g/mol. The third-order valence-corrected chi connectivity index (χ3v) is 3.91. The van der Waals surface area contributed by atoms with Crippen LogP contribution in [0.3, 0.4) is 0 Å². The number of benzene rings is 1. The molecule has 2 aromatic rings. The molecule has 0 saturated heterocycles.